The average molecular weight is 292 g/mol. The smallest absolute Gasteiger partial charge is 0.253 e. The molecule has 1 saturated carbocycles. The molecule has 20 heavy (non-hydrogen) atoms. The summed E-state index contributed by atoms with van der Waals surface area (Å²) in [6, 6.07) is 5.76. The van der Waals surface area contributed by atoms with Crippen LogP contribution in [0.5, 0.6) is 5.75 Å². The van der Waals surface area contributed by atoms with Gasteiger partial charge < -0.3 is 9.64 Å². The molecule has 0 spiro atoms. The molecule has 0 radical (unpaired) electrons. The van der Waals surface area contributed by atoms with Gasteiger partial charge in [0.25, 0.3) is 5.91 Å². The third kappa shape index (κ3) is 2.55. The summed E-state index contributed by atoms with van der Waals surface area (Å²) >= 11 is 5.99. The average Bonchev–Trinajstić information content (AvgIpc) is 3.28. The fourth-order valence-electron chi connectivity index (χ4n) is 2.58. The van der Waals surface area contributed by atoms with E-state index in [1.54, 1.807) is 6.07 Å². The van der Waals surface area contributed by atoms with Crippen molar-refractivity contribution in [3.8, 4) is 5.75 Å². The molecule has 3 nitrogen and oxygen atoms in total. The van der Waals surface area contributed by atoms with E-state index in [9.17, 15) is 4.79 Å². The van der Waals surface area contributed by atoms with Crippen LogP contribution in [0.3, 0.4) is 0 Å². The molecule has 2 aliphatic rings. The summed E-state index contributed by atoms with van der Waals surface area (Å²) in [7, 11) is 1.87. The van der Waals surface area contributed by atoms with Gasteiger partial charge in [-0.3, -0.25) is 4.79 Å². The zero-order chi connectivity index (χ0) is 14.3. The molecule has 0 bridgehead atoms. The second-order valence-corrected chi connectivity index (χ2v) is 6.07. The Morgan fingerprint density at radius 1 is 1.45 bits per heavy atom. The van der Waals surface area contributed by atoms with Crippen molar-refractivity contribution in [2.45, 2.75) is 25.8 Å². The van der Waals surface area contributed by atoms with Crippen LogP contribution < -0.4 is 4.74 Å². The van der Waals surface area contributed by atoms with Gasteiger partial charge in [-0.05, 0) is 50.0 Å². The summed E-state index contributed by atoms with van der Waals surface area (Å²) in [5, 5.41) is 0.650. The van der Waals surface area contributed by atoms with Gasteiger partial charge in [-0.2, -0.15) is 0 Å². The first kappa shape index (κ1) is 13.5. The molecule has 1 heterocycles. The van der Waals surface area contributed by atoms with E-state index in [0.717, 1.165) is 11.3 Å². The first-order valence-electron chi connectivity index (χ1n) is 6.96. The number of ether oxygens (including phenoxy) is 1. The van der Waals surface area contributed by atoms with Gasteiger partial charge in [-0.15, -0.1) is 0 Å². The fourth-order valence-corrected chi connectivity index (χ4v) is 2.76. The highest BCUT2D eigenvalue weighted by Crippen LogP contribution is 2.35. The minimum Gasteiger partial charge on any atom is -0.488 e. The first-order chi connectivity index (χ1) is 9.56. The highest BCUT2D eigenvalue weighted by Gasteiger charge is 2.33. The van der Waals surface area contributed by atoms with E-state index in [4.69, 9.17) is 16.3 Å². The van der Waals surface area contributed by atoms with Crippen LogP contribution in [0.25, 0.3) is 6.08 Å². The Hall–Kier alpha value is -1.48. The molecule has 1 aliphatic heterocycles. The van der Waals surface area contributed by atoms with E-state index >= 15 is 0 Å². The Kier molecular flexibility index (Phi) is 3.47. The summed E-state index contributed by atoms with van der Waals surface area (Å²) in [5.41, 5.74) is 1.56. The molecule has 0 saturated heterocycles. The Labute approximate surface area is 124 Å². The van der Waals surface area contributed by atoms with Crippen molar-refractivity contribution in [3.05, 3.63) is 34.4 Å². The van der Waals surface area contributed by atoms with Crippen LogP contribution in [0, 0.1) is 5.92 Å². The van der Waals surface area contributed by atoms with Crippen LogP contribution in [-0.4, -0.2) is 30.5 Å². The molecule has 0 aromatic heterocycles. The van der Waals surface area contributed by atoms with Crippen molar-refractivity contribution in [2.24, 2.45) is 5.92 Å². The van der Waals surface area contributed by atoms with Gasteiger partial charge in [-0.25, -0.2) is 0 Å². The number of benzene rings is 1. The van der Waals surface area contributed by atoms with E-state index in [2.05, 4.69) is 6.92 Å². The lowest BCUT2D eigenvalue weighted by Crippen LogP contribution is -2.38. The monoisotopic (exact) mass is 291 g/mol. The lowest BCUT2D eigenvalue weighted by atomic mass is 10.1. The number of hydrogen-bond donors (Lipinski definition) is 0. The number of rotatable bonds is 3. The zero-order valence-corrected chi connectivity index (χ0v) is 12.5. The lowest BCUT2D eigenvalue weighted by Gasteiger charge is -2.27. The summed E-state index contributed by atoms with van der Waals surface area (Å²) in [4.78, 5) is 14.3. The Bertz CT molecular complexity index is 578. The maximum Gasteiger partial charge on any atom is 0.253 e. The van der Waals surface area contributed by atoms with Crippen LogP contribution in [-0.2, 0) is 4.79 Å². The lowest BCUT2D eigenvalue weighted by molar-refractivity contribution is -0.128. The molecule has 1 aromatic rings. The molecule has 0 N–H and O–H groups in total. The summed E-state index contributed by atoms with van der Waals surface area (Å²) in [6.07, 6.45) is 4.35. The maximum atomic E-state index is 12.5. The van der Waals surface area contributed by atoms with Crippen molar-refractivity contribution in [3.63, 3.8) is 0 Å². The molecule has 1 aliphatic carbocycles. The standard InChI is InChI=1S/C16H18ClNO2/c1-10(11-3-4-11)18(2)16(19)13-7-12-8-14(17)5-6-15(12)20-9-13/h5-8,10-11H,3-4,9H2,1-2H3. The predicted molar refractivity (Wildman–Crippen MR) is 79.9 cm³/mol. The van der Waals surface area contributed by atoms with E-state index < -0.39 is 0 Å². The zero-order valence-electron chi connectivity index (χ0n) is 11.7. The Morgan fingerprint density at radius 3 is 2.90 bits per heavy atom. The molecule has 3 rings (SSSR count). The van der Waals surface area contributed by atoms with Crippen molar-refractivity contribution in [1.82, 2.24) is 4.90 Å². The number of hydrogen-bond acceptors (Lipinski definition) is 2. The van der Waals surface area contributed by atoms with Crippen LogP contribution >= 0.6 is 11.6 Å². The van der Waals surface area contributed by atoms with E-state index in [0.29, 0.717) is 29.2 Å². The molecule has 4 heteroatoms. The maximum absolute atomic E-state index is 12.5. The first-order valence-corrected chi connectivity index (χ1v) is 7.34. The highest BCUT2D eigenvalue weighted by molar-refractivity contribution is 6.30. The largest absolute Gasteiger partial charge is 0.488 e. The van der Waals surface area contributed by atoms with Crippen LogP contribution in [0.2, 0.25) is 5.02 Å². The number of nitrogens with zero attached hydrogens (tertiary/aromatic N) is 1. The van der Waals surface area contributed by atoms with Gasteiger partial charge in [0.1, 0.15) is 12.4 Å². The number of fused-ring (bicyclic) bond motifs is 1. The molecule has 1 unspecified atom stereocenters. The van der Waals surface area contributed by atoms with E-state index in [1.807, 2.05) is 30.2 Å². The molecular formula is C16H18ClNO2. The van der Waals surface area contributed by atoms with E-state index in [1.165, 1.54) is 12.8 Å². The minimum atomic E-state index is 0.0509. The Balaban J connectivity index is 1.81. The summed E-state index contributed by atoms with van der Waals surface area (Å²) in [5.74, 6) is 1.50. The molecule has 1 fully saturated rings. The normalized spacial score (nSPS) is 18.6. The van der Waals surface area contributed by atoms with Gasteiger partial charge in [-0.1, -0.05) is 11.6 Å². The predicted octanol–water partition coefficient (Wildman–Crippen LogP) is 3.37. The van der Waals surface area contributed by atoms with Crippen molar-refractivity contribution < 1.29 is 9.53 Å². The third-order valence-corrected chi connectivity index (χ3v) is 4.43. The van der Waals surface area contributed by atoms with Crippen LogP contribution in [0.4, 0.5) is 0 Å². The van der Waals surface area contributed by atoms with Gasteiger partial charge >= 0.3 is 0 Å². The summed E-state index contributed by atoms with van der Waals surface area (Å²) in [6.45, 7) is 2.44. The Morgan fingerprint density at radius 2 is 2.20 bits per heavy atom. The van der Waals surface area contributed by atoms with Crippen molar-refractivity contribution in [2.75, 3.05) is 13.7 Å². The van der Waals surface area contributed by atoms with E-state index in [-0.39, 0.29) is 5.91 Å². The van der Waals surface area contributed by atoms with Crippen LogP contribution in [0.1, 0.15) is 25.3 Å². The SMILES string of the molecule is CC(C1CC1)N(C)C(=O)C1=Cc2cc(Cl)ccc2OC1. The molecule has 1 amide bonds. The van der Waals surface area contributed by atoms with Crippen LogP contribution in [0.15, 0.2) is 23.8 Å². The van der Waals surface area contributed by atoms with Gasteiger partial charge in [0.2, 0.25) is 0 Å². The summed E-state index contributed by atoms with van der Waals surface area (Å²) < 4.78 is 5.64. The minimum absolute atomic E-state index is 0.0509. The quantitative estimate of drug-likeness (QED) is 0.854. The van der Waals surface area contributed by atoms with Gasteiger partial charge in [0.15, 0.2) is 0 Å². The number of likely N-dealkylation sites (N-methyl/N-ethyl adjacent to an activating group) is 1. The number of amides is 1. The van der Waals surface area contributed by atoms with Crippen molar-refractivity contribution in [1.29, 1.82) is 0 Å². The second kappa shape index (κ2) is 5.13. The molecule has 106 valence electrons. The molecule has 1 atom stereocenters. The highest BCUT2D eigenvalue weighted by atomic mass is 35.5. The molecule has 1 aromatic carbocycles. The van der Waals surface area contributed by atoms with Crippen molar-refractivity contribution >= 4 is 23.6 Å². The third-order valence-electron chi connectivity index (χ3n) is 4.19. The number of halogens is 1. The molecular weight excluding hydrogens is 274 g/mol. The number of carbonyl (C=O) groups excluding carboxylic acids is 1. The number of carbonyl (C=O) groups is 1. The topological polar surface area (TPSA) is 29.5 Å². The second-order valence-electron chi connectivity index (χ2n) is 5.63. The fraction of sp³-hybridized carbons (Fsp3) is 0.438. The van der Waals surface area contributed by atoms with Gasteiger partial charge in [0.05, 0.1) is 5.57 Å². The van der Waals surface area contributed by atoms with Gasteiger partial charge in [0, 0.05) is 23.7 Å².